The molecule has 0 aliphatic heterocycles. The quantitative estimate of drug-likeness (QED) is 0.502. The number of nitrogens with zero attached hydrogens (tertiary/aromatic N) is 1. The van der Waals surface area contributed by atoms with Gasteiger partial charge in [-0.2, -0.15) is 0 Å². The summed E-state index contributed by atoms with van der Waals surface area (Å²) in [4.78, 5) is 4.23. The average Bonchev–Trinajstić information content (AvgIpc) is 2.10. The Bertz CT molecular complexity index is 351. The summed E-state index contributed by atoms with van der Waals surface area (Å²) in [6, 6.07) is 4.07. The van der Waals surface area contributed by atoms with E-state index in [-0.39, 0.29) is 5.88 Å². The summed E-state index contributed by atoms with van der Waals surface area (Å²) in [6.07, 6.45) is 0. The average molecular weight is 276 g/mol. The first-order valence-electron chi connectivity index (χ1n) is 4.20. The van der Waals surface area contributed by atoms with E-state index >= 15 is 0 Å². The van der Waals surface area contributed by atoms with Gasteiger partial charge in [0.1, 0.15) is 5.84 Å². The molecule has 1 rings (SSSR count). The maximum absolute atomic E-state index is 5.58. The molecule has 0 aliphatic rings. The van der Waals surface area contributed by atoms with Crippen LogP contribution in [0, 0.1) is 13.8 Å². The van der Waals surface area contributed by atoms with E-state index in [0.717, 1.165) is 15.7 Å². The van der Waals surface area contributed by atoms with Crippen molar-refractivity contribution in [1.29, 1.82) is 0 Å². The van der Waals surface area contributed by atoms with Crippen molar-refractivity contribution in [2.24, 2.45) is 10.7 Å². The number of alkyl halides is 1. The van der Waals surface area contributed by atoms with Crippen molar-refractivity contribution in [3.05, 3.63) is 27.7 Å². The highest BCUT2D eigenvalue weighted by Gasteiger charge is 2.04. The Morgan fingerprint density at radius 1 is 1.50 bits per heavy atom. The van der Waals surface area contributed by atoms with Crippen LogP contribution in [0.25, 0.3) is 0 Å². The lowest BCUT2D eigenvalue weighted by Crippen LogP contribution is -2.12. The lowest BCUT2D eigenvalue weighted by atomic mass is 10.1. The molecule has 0 saturated heterocycles. The summed E-state index contributed by atoms with van der Waals surface area (Å²) in [7, 11) is 0. The summed E-state index contributed by atoms with van der Waals surface area (Å²) in [5.41, 5.74) is 8.71. The summed E-state index contributed by atoms with van der Waals surface area (Å²) < 4.78 is 0.947. The van der Waals surface area contributed by atoms with E-state index < -0.39 is 0 Å². The van der Waals surface area contributed by atoms with Crippen LogP contribution in [-0.4, -0.2) is 11.7 Å². The molecule has 1 aromatic rings. The molecule has 0 spiro atoms. The van der Waals surface area contributed by atoms with Gasteiger partial charge in [0.25, 0.3) is 0 Å². The zero-order valence-corrected chi connectivity index (χ0v) is 10.5. The molecule has 0 atom stereocenters. The second kappa shape index (κ2) is 4.80. The summed E-state index contributed by atoms with van der Waals surface area (Å²) in [6.45, 7) is 4.04. The van der Waals surface area contributed by atoms with Gasteiger partial charge in [-0.1, -0.05) is 6.07 Å². The number of hydrogen-bond donors (Lipinski definition) is 1. The van der Waals surface area contributed by atoms with Gasteiger partial charge in [-0.05, 0) is 47.0 Å². The number of hydrogen-bond acceptors (Lipinski definition) is 1. The highest BCUT2D eigenvalue weighted by Crippen LogP contribution is 2.30. The van der Waals surface area contributed by atoms with Crippen LogP contribution in [0.5, 0.6) is 0 Å². The molecule has 0 aromatic heterocycles. The maximum Gasteiger partial charge on any atom is 0.115 e. The van der Waals surface area contributed by atoms with Gasteiger partial charge >= 0.3 is 0 Å². The Labute approximate surface area is 97.3 Å². The van der Waals surface area contributed by atoms with Crippen molar-refractivity contribution in [1.82, 2.24) is 0 Å². The van der Waals surface area contributed by atoms with Gasteiger partial charge < -0.3 is 5.73 Å². The SMILES string of the molecule is Cc1cc(C)c(N=C(N)CCl)c(Br)c1. The number of aliphatic imine (C=N–C) groups is 1. The van der Waals surface area contributed by atoms with Crippen LogP contribution in [0.2, 0.25) is 0 Å². The van der Waals surface area contributed by atoms with E-state index in [1.54, 1.807) is 0 Å². The van der Waals surface area contributed by atoms with Crippen LogP contribution in [0.15, 0.2) is 21.6 Å². The molecule has 14 heavy (non-hydrogen) atoms. The minimum Gasteiger partial charge on any atom is -0.386 e. The van der Waals surface area contributed by atoms with E-state index in [2.05, 4.69) is 27.0 Å². The third kappa shape index (κ3) is 2.72. The van der Waals surface area contributed by atoms with Gasteiger partial charge in [-0.15, -0.1) is 11.6 Å². The van der Waals surface area contributed by atoms with Gasteiger partial charge in [0, 0.05) is 4.47 Å². The van der Waals surface area contributed by atoms with Gasteiger partial charge in [-0.25, -0.2) is 4.99 Å². The molecule has 0 aliphatic carbocycles. The molecule has 0 amide bonds. The van der Waals surface area contributed by atoms with Crippen molar-refractivity contribution in [2.75, 3.05) is 5.88 Å². The molecular formula is C10H12BrClN2. The zero-order valence-electron chi connectivity index (χ0n) is 8.14. The summed E-state index contributed by atoms with van der Waals surface area (Å²) in [5.74, 6) is 0.680. The van der Waals surface area contributed by atoms with Crippen molar-refractivity contribution in [3.63, 3.8) is 0 Å². The Hall–Kier alpha value is -0.540. The first-order valence-corrected chi connectivity index (χ1v) is 5.53. The molecule has 2 N–H and O–H groups in total. The van der Waals surface area contributed by atoms with Crippen molar-refractivity contribution < 1.29 is 0 Å². The fourth-order valence-electron chi connectivity index (χ4n) is 1.22. The van der Waals surface area contributed by atoms with Crippen LogP contribution in [0.1, 0.15) is 11.1 Å². The largest absolute Gasteiger partial charge is 0.386 e. The maximum atomic E-state index is 5.58. The second-order valence-electron chi connectivity index (χ2n) is 3.15. The van der Waals surface area contributed by atoms with E-state index in [9.17, 15) is 0 Å². The molecule has 76 valence electrons. The van der Waals surface area contributed by atoms with Crippen molar-refractivity contribution >= 4 is 39.1 Å². The van der Waals surface area contributed by atoms with E-state index in [1.807, 2.05) is 19.9 Å². The number of halogens is 2. The van der Waals surface area contributed by atoms with Crippen LogP contribution in [0.4, 0.5) is 5.69 Å². The van der Waals surface area contributed by atoms with E-state index in [1.165, 1.54) is 5.56 Å². The number of amidine groups is 1. The number of benzene rings is 1. The monoisotopic (exact) mass is 274 g/mol. The molecule has 0 saturated carbocycles. The predicted molar refractivity (Wildman–Crippen MR) is 65.6 cm³/mol. The van der Waals surface area contributed by atoms with E-state index in [0.29, 0.717) is 5.84 Å². The summed E-state index contributed by atoms with van der Waals surface area (Å²) in [5, 5.41) is 0. The smallest absolute Gasteiger partial charge is 0.115 e. The molecule has 1 aromatic carbocycles. The molecule has 0 radical (unpaired) electrons. The number of aryl methyl sites for hydroxylation is 2. The highest BCUT2D eigenvalue weighted by atomic mass is 79.9. The standard InChI is InChI=1S/C10H12BrClN2/c1-6-3-7(2)10(8(11)4-6)14-9(13)5-12/h3-4H,5H2,1-2H3,(H2,13,14). The lowest BCUT2D eigenvalue weighted by Gasteiger charge is -2.05. The predicted octanol–water partition coefficient (Wildman–Crippen LogP) is 3.29. The Balaban J connectivity index is 3.21. The van der Waals surface area contributed by atoms with Crippen LogP contribution >= 0.6 is 27.5 Å². The fourth-order valence-corrected chi connectivity index (χ4v) is 2.05. The van der Waals surface area contributed by atoms with Crippen molar-refractivity contribution in [3.8, 4) is 0 Å². The van der Waals surface area contributed by atoms with Crippen LogP contribution < -0.4 is 5.73 Å². The Morgan fingerprint density at radius 3 is 2.64 bits per heavy atom. The summed E-state index contributed by atoms with van der Waals surface area (Å²) >= 11 is 9.02. The van der Waals surface area contributed by atoms with Gasteiger partial charge in [-0.3, -0.25) is 0 Å². The number of nitrogens with two attached hydrogens (primary N) is 1. The molecule has 4 heteroatoms. The first kappa shape index (κ1) is 11.5. The normalized spacial score (nSPS) is 11.9. The number of rotatable bonds is 2. The molecule has 0 heterocycles. The van der Waals surface area contributed by atoms with Gasteiger partial charge in [0.15, 0.2) is 0 Å². The Kier molecular flexibility index (Phi) is 3.96. The van der Waals surface area contributed by atoms with Gasteiger partial charge in [0.05, 0.1) is 11.6 Å². The Morgan fingerprint density at radius 2 is 2.14 bits per heavy atom. The molecule has 0 fully saturated rings. The molecule has 0 unspecified atom stereocenters. The van der Waals surface area contributed by atoms with Gasteiger partial charge in [0.2, 0.25) is 0 Å². The topological polar surface area (TPSA) is 38.4 Å². The van der Waals surface area contributed by atoms with E-state index in [4.69, 9.17) is 17.3 Å². The van der Waals surface area contributed by atoms with Crippen LogP contribution in [-0.2, 0) is 0 Å². The fraction of sp³-hybridized carbons (Fsp3) is 0.300. The zero-order chi connectivity index (χ0) is 10.7. The van der Waals surface area contributed by atoms with Crippen molar-refractivity contribution in [2.45, 2.75) is 13.8 Å². The molecule has 2 nitrogen and oxygen atoms in total. The third-order valence-corrected chi connectivity index (χ3v) is 2.67. The minimum absolute atomic E-state index is 0.250. The van der Waals surface area contributed by atoms with Crippen LogP contribution in [0.3, 0.4) is 0 Å². The third-order valence-electron chi connectivity index (χ3n) is 1.79. The highest BCUT2D eigenvalue weighted by molar-refractivity contribution is 9.10. The molecule has 0 bridgehead atoms. The molecular weight excluding hydrogens is 263 g/mol. The minimum atomic E-state index is 0.250. The lowest BCUT2D eigenvalue weighted by molar-refractivity contribution is 1.31. The second-order valence-corrected chi connectivity index (χ2v) is 4.27. The first-order chi connectivity index (χ1) is 6.54.